The smallest absolute Gasteiger partial charge is 0.321 e. The SMILES string of the molecule is C=CCOC(=O)C(CCCC(=O)O)(c1ccccc1)c1ccccc1. The molecule has 25 heavy (non-hydrogen) atoms. The average Bonchev–Trinajstić information content (AvgIpc) is 2.64. The highest BCUT2D eigenvalue weighted by atomic mass is 16.5. The normalized spacial score (nSPS) is 10.9. The van der Waals surface area contributed by atoms with Crippen LogP contribution in [0.3, 0.4) is 0 Å². The first-order chi connectivity index (χ1) is 12.1. The Morgan fingerprint density at radius 2 is 1.52 bits per heavy atom. The lowest BCUT2D eigenvalue weighted by Gasteiger charge is -2.32. The number of hydrogen-bond donors (Lipinski definition) is 1. The Labute approximate surface area is 147 Å². The minimum atomic E-state index is -1.04. The number of carboxylic acid groups (broad SMARTS) is 1. The van der Waals surface area contributed by atoms with Gasteiger partial charge in [-0.3, -0.25) is 9.59 Å². The van der Waals surface area contributed by atoms with Crippen molar-refractivity contribution in [1.82, 2.24) is 0 Å². The number of rotatable bonds is 9. The predicted molar refractivity (Wildman–Crippen MR) is 96.3 cm³/mol. The summed E-state index contributed by atoms with van der Waals surface area (Å²) in [6.45, 7) is 3.70. The van der Waals surface area contributed by atoms with E-state index in [1.165, 1.54) is 6.08 Å². The molecular weight excluding hydrogens is 316 g/mol. The molecule has 2 aromatic carbocycles. The van der Waals surface area contributed by atoms with E-state index >= 15 is 0 Å². The van der Waals surface area contributed by atoms with Crippen molar-refractivity contribution < 1.29 is 19.4 Å². The van der Waals surface area contributed by atoms with E-state index in [0.29, 0.717) is 12.8 Å². The Hall–Kier alpha value is -2.88. The summed E-state index contributed by atoms with van der Waals surface area (Å²) in [6.07, 6.45) is 2.23. The number of aliphatic carboxylic acids is 1. The van der Waals surface area contributed by atoms with E-state index in [-0.39, 0.29) is 13.0 Å². The van der Waals surface area contributed by atoms with E-state index < -0.39 is 17.4 Å². The van der Waals surface area contributed by atoms with Crippen molar-refractivity contribution in [2.75, 3.05) is 6.61 Å². The van der Waals surface area contributed by atoms with Gasteiger partial charge in [-0.15, -0.1) is 0 Å². The summed E-state index contributed by atoms with van der Waals surface area (Å²) < 4.78 is 5.42. The third kappa shape index (κ3) is 4.35. The van der Waals surface area contributed by atoms with Gasteiger partial charge in [0, 0.05) is 6.42 Å². The van der Waals surface area contributed by atoms with E-state index in [9.17, 15) is 9.59 Å². The van der Waals surface area contributed by atoms with Crippen molar-refractivity contribution in [2.24, 2.45) is 0 Å². The van der Waals surface area contributed by atoms with Crippen LogP contribution in [-0.2, 0) is 19.7 Å². The highest BCUT2D eigenvalue weighted by Crippen LogP contribution is 2.38. The van der Waals surface area contributed by atoms with E-state index in [2.05, 4.69) is 6.58 Å². The van der Waals surface area contributed by atoms with Gasteiger partial charge < -0.3 is 9.84 Å². The van der Waals surface area contributed by atoms with E-state index in [4.69, 9.17) is 9.84 Å². The predicted octanol–water partition coefficient (Wildman–Crippen LogP) is 3.96. The van der Waals surface area contributed by atoms with E-state index in [1.807, 2.05) is 60.7 Å². The lowest BCUT2D eigenvalue weighted by atomic mass is 9.71. The van der Waals surface area contributed by atoms with Gasteiger partial charge in [-0.2, -0.15) is 0 Å². The third-order valence-corrected chi connectivity index (χ3v) is 4.16. The molecule has 0 saturated heterocycles. The van der Waals surface area contributed by atoms with Gasteiger partial charge in [-0.1, -0.05) is 73.3 Å². The maximum absolute atomic E-state index is 13.1. The van der Waals surface area contributed by atoms with Crippen LogP contribution in [0.25, 0.3) is 0 Å². The molecular formula is C21H22O4. The molecule has 0 aliphatic carbocycles. The standard InChI is InChI=1S/C21H22O4/c1-2-16-25-20(24)21(15-9-14-19(22)23,17-10-5-3-6-11-17)18-12-7-4-8-13-18/h2-8,10-13H,1,9,14-16H2,(H,22,23). The van der Waals surface area contributed by atoms with Crippen molar-refractivity contribution in [1.29, 1.82) is 0 Å². The summed E-state index contributed by atoms with van der Waals surface area (Å²) in [5, 5.41) is 9.00. The van der Waals surface area contributed by atoms with Crippen LogP contribution < -0.4 is 0 Å². The van der Waals surface area contributed by atoms with Gasteiger partial charge in [0.05, 0.1) is 0 Å². The van der Waals surface area contributed by atoms with Gasteiger partial charge in [0.2, 0.25) is 0 Å². The summed E-state index contributed by atoms with van der Waals surface area (Å²) in [4.78, 5) is 24.1. The molecule has 0 unspecified atom stereocenters. The fourth-order valence-electron chi connectivity index (χ4n) is 3.00. The van der Waals surface area contributed by atoms with Crippen LogP contribution in [0.5, 0.6) is 0 Å². The largest absolute Gasteiger partial charge is 0.481 e. The first-order valence-electron chi connectivity index (χ1n) is 8.22. The summed E-state index contributed by atoms with van der Waals surface area (Å²) in [7, 11) is 0. The molecule has 0 heterocycles. The van der Waals surface area contributed by atoms with E-state index in [1.54, 1.807) is 0 Å². The van der Waals surface area contributed by atoms with Gasteiger partial charge in [0.1, 0.15) is 12.0 Å². The number of carbonyl (C=O) groups excluding carboxylic acids is 1. The quantitative estimate of drug-likeness (QED) is 0.555. The van der Waals surface area contributed by atoms with Crippen LogP contribution in [0.4, 0.5) is 0 Å². The second-order valence-electron chi connectivity index (χ2n) is 5.77. The summed E-state index contributed by atoms with van der Waals surface area (Å²) >= 11 is 0. The Bertz CT molecular complexity index is 668. The molecule has 0 saturated carbocycles. The number of benzene rings is 2. The minimum absolute atomic E-state index is 0.00381. The zero-order chi connectivity index (χ0) is 18.1. The first-order valence-corrected chi connectivity index (χ1v) is 8.22. The Balaban J connectivity index is 2.53. The van der Waals surface area contributed by atoms with Crippen molar-refractivity contribution in [2.45, 2.75) is 24.7 Å². The van der Waals surface area contributed by atoms with Crippen LogP contribution in [0.2, 0.25) is 0 Å². The molecule has 0 amide bonds. The number of carboxylic acids is 1. The summed E-state index contributed by atoms with van der Waals surface area (Å²) in [6, 6.07) is 18.7. The molecule has 0 bridgehead atoms. The van der Waals surface area contributed by atoms with Gasteiger partial charge in [0.15, 0.2) is 0 Å². The summed E-state index contributed by atoms with van der Waals surface area (Å²) in [5.41, 5.74) is 0.544. The lowest BCUT2D eigenvalue weighted by Crippen LogP contribution is -2.39. The fourth-order valence-corrected chi connectivity index (χ4v) is 3.00. The van der Waals surface area contributed by atoms with Crippen molar-refractivity contribution >= 4 is 11.9 Å². The molecule has 2 rings (SSSR count). The second kappa shape index (κ2) is 8.83. The molecule has 130 valence electrons. The van der Waals surface area contributed by atoms with Crippen LogP contribution in [0, 0.1) is 0 Å². The zero-order valence-electron chi connectivity index (χ0n) is 14.1. The molecule has 0 fully saturated rings. The number of hydrogen-bond acceptors (Lipinski definition) is 3. The van der Waals surface area contributed by atoms with Gasteiger partial charge >= 0.3 is 11.9 Å². The molecule has 2 aromatic rings. The highest BCUT2D eigenvalue weighted by molar-refractivity contribution is 5.88. The average molecular weight is 338 g/mol. The Morgan fingerprint density at radius 1 is 1.00 bits per heavy atom. The Kier molecular flexibility index (Phi) is 6.52. The molecule has 0 spiro atoms. The van der Waals surface area contributed by atoms with Gasteiger partial charge in [-0.05, 0) is 24.0 Å². The number of esters is 1. The Morgan fingerprint density at radius 3 is 1.96 bits per heavy atom. The second-order valence-corrected chi connectivity index (χ2v) is 5.77. The number of ether oxygens (including phenoxy) is 1. The third-order valence-electron chi connectivity index (χ3n) is 4.16. The first kappa shape index (κ1) is 18.5. The molecule has 1 N–H and O–H groups in total. The molecule has 0 atom stereocenters. The zero-order valence-corrected chi connectivity index (χ0v) is 14.1. The van der Waals surface area contributed by atoms with Crippen LogP contribution in [0.1, 0.15) is 30.4 Å². The molecule has 0 aliphatic rings. The topological polar surface area (TPSA) is 63.6 Å². The monoisotopic (exact) mass is 338 g/mol. The van der Waals surface area contributed by atoms with Crippen molar-refractivity contribution in [3.05, 3.63) is 84.4 Å². The maximum Gasteiger partial charge on any atom is 0.321 e. The number of carbonyl (C=O) groups is 2. The van der Waals surface area contributed by atoms with Crippen molar-refractivity contribution in [3.8, 4) is 0 Å². The molecule has 4 nitrogen and oxygen atoms in total. The van der Waals surface area contributed by atoms with E-state index in [0.717, 1.165) is 11.1 Å². The van der Waals surface area contributed by atoms with Crippen molar-refractivity contribution in [3.63, 3.8) is 0 Å². The maximum atomic E-state index is 13.1. The minimum Gasteiger partial charge on any atom is -0.481 e. The lowest BCUT2D eigenvalue weighted by molar-refractivity contribution is -0.148. The molecule has 0 radical (unpaired) electrons. The van der Waals surface area contributed by atoms with Gasteiger partial charge in [0.25, 0.3) is 0 Å². The molecule has 4 heteroatoms. The van der Waals surface area contributed by atoms with Gasteiger partial charge in [-0.25, -0.2) is 0 Å². The summed E-state index contributed by atoms with van der Waals surface area (Å²) in [5.74, 6) is -1.27. The molecule has 0 aromatic heterocycles. The van der Waals surface area contributed by atoms with Crippen LogP contribution in [0.15, 0.2) is 73.3 Å². The van der Waals surface area contributed by atoms with Crippen LogP contribution in [-0.4, -0.2) is 23.7 Å². The fraction of sp³-hybridized carbons (Fsp3) is 0.238. The highest BCUT2D eigenvalue weighted by Gasteiger charge is 2.43. The van der Waals surface area contributed by atoms with Crippen LogP contribution >= 0.6 is 0 Å². The molecule has 0 aliphatic heterocycles.